The monoisotopic (exact) mass is 280 g/mol. The van der Waals surface area contributed by atoms with E-state index in [2.05, 4.69) is 32.6 Å². The van der Waals surface area contributed by atoms with Gasteiger partial charge in [-0.25, -0.2) is 0 Å². The van der Waals surface area contributed by atoms with Crippen LogP contribution in [-0.2, 0) is 4.74 Å². The first kappa shape index (κ1) is 14.8. The summed E-state index contributed by atoms with van der Waals surface area (Å²) in [5, 5.41) is 0. The van der Waals surface area contributed by atoms with Crippen molar-refractivity contribution in [3.05, 3.63) is 0 Å². The maximum Gasteiger partial charge on any atom is 0.0690 e. The number of nitrogens with zero attached hydrogens (tertiary/aromatic N) is 1. The molecule has 2 heterocycles. The zero-order valence-corrected chi connectivity index (χ0v) is 13.7. The molecule has 0 aromatic rings. The summed E-state index contributed by atoms with van der Waals surface area (Å²) in [6.07, 6.45) is 5.51. The van der Waals surface area contributed by atoms with Crippen LogP contribution in [0.25, 0.3) is 0 Å². The number of likely N-dealkylation sites (tertiary alicyclic amines) is 1. The van der Waals surface area contributed by atoms with E-state index in [-0.39, 0.29) is 11.0 Å². The Kier molecular flexibility index (Phi) is 3.67. The van der Waals surface area contributed by atoms with Gasteiger partial charge in [0.05, 0.1) is 6.10 Å². The number of hydrogen-bond donors (Lipinski definition) is 1. The van der Waals surface area contributed by atoms with Crippen LogP contribution >= 0.6 is 0 Å². The van der Waals surface area contributed by atoms with Gasteiger partial charge < -0.3 is 10.5 Å². The Hall–Kier alpha value is -0.120. The summed E-state index contributed by atoms with van der Waals surface area (Å²) in [6.45, 7) is 12.6. The van der Waals surface area contributed by atoms with Crippen molar-refractivity contribution in [3.63, 3.8) is 0 Å². The highest BCUT2D eigenvalue weighted by atomic mass is 16.5. The summed E-state index contributed by atoms with van der Waals surface area (Å²) >= 11 is 0. The molecule has 4 atom stereocenters. The largest absolute Gasteiger partial charge is 0.377 e. The van der Waals surface area contributed by atoms with E-state index in [9.17, 15) is 0 Å². The average molecular weight is 280 g/mol. The lowest BCUT2D eigenvalue weighted by Crippen LogP contribution is -2.80. The number of hydrogen-bond acceptors (Lipinski definition) is 3. The van der Waals surface area contributed by atoms with Crippen molar-refractivity contribution in [1.29, 1.82) is 0 Å². The topological polar surface area (TPSA) is 38.5 Å². The number of nitrogens with two attached hydrogens (primary N) is 1. The van der Waals surface area contributed by atoms with Crippen molar-refractivity contribution in [3.8, 4) is 0 Å². The fraction of sp³-hybridized carbons (Fsp3) is 1.00. The van der Waals surface area contributed by atoms with E-state index in [1.54, 1.807) is 0 Å². The van der Waals surface area contributed by atoms with E-state index >= 15 is 0 Å². The van der Waals surface area contributed by atoms with Gasteiger partial charge in [0.2, 0.25) is 0 Å². The Morgan fingerprint density at radius 3 is 2.70 bits per heavy atom. The van der Waals surface area contributed by atoms with Crippen LogP contribution in [0.5, 0.6) is 0 Å². The molecule has 3 nitrogen and oxygen atoms in total. The number of rotatable bonds is 3. The summed E-state index contributed by atoms with van der Waals surface area (Å²) < 4.78 is 6.03. The van der Waals surface area contributed by atoms with Crippen LogP contribution < -0.4 is 5.73 Å². The minimum Gasteiger partial charge on any atom is -0.377 e. The fourth-order valence-electron chi connectivity index (χ4n) is 5.13. The van der Waals surface area contributed by atoms with Gasteiger partial charge in [0, 0.05) is 36.1 Å². The predicted octanol–water partition coefficient (Wildman–Crippen LogP) is 2.64. The molecule has 0 radical (unpaired) electrons. The first-order valence-corrected chi connectivity index (χ1v) is 8.52. The summed E-state index contributed by atoms with van der Waals surface area (Å²) in [5.74, 6) is 1.31. The van der Waals surface area contributed by atoms with Crippen molar-refractivity contribution < 1.29 is 4.74 Å². The fourth-order valence-corrected chi connectivity index (χ4v) is 5.13. The third-order valence-corrected chi connectivity index (χ3v) is 6.54. The third-order valence-electron chi connectivity index (χ3n) is 6.54. The van der Waals surface area contributed by atoms with E-state index in [0.29, 0.717) is 12.0 Å². The zero-order chi connectivity index (χ0) is 14.5. The van der Waals surface area contributed by atoms with Gasteiger partial charge in [-0.1, -0.05) is 27.7 Å². The maximum absolute atomic E-state index is 6.96. The van der Waals surface area contributed by atoms with Gasteiger partial charge in [-0.2, -0.15) is 0 Å². The molecule has 2 N–H and O–H groups in total. The van der Waals surface area contributed by atoms with E-state index in [1.807, 2.05) is 0 Å². The second-order valence-electron chi connectivity index (χ2n) is 8.23. The molecule has 3 rings (SSSR count). The summed E-state index contributed by atoms with van der Waals surface area (Å²) in [4.78, 5) is 2.68. The highest BCUT2D eigenvalue weighted by molar-refractivity contribution is 5.21. The molecule has 20 heavy (non-hydrogen) atoms. The van der Waals surface area contributed by atoms with Crippen LogP contribution in [0.1, 0.15) is 53.4 Å². The van der Waals surface area contributed by atoms with Crippen LogP contribution in [0.15, 0.2) is 0 Å². The van der Waals surface area contributed by atoms with Crippen molar-refractivity contribution in [2.75, 3.05) is 19.7 Å². The van der Waals surface area contributed by atoms with Gasteiger partial charge in [0.25, 0.3) is 0 Å². The smallest absolute Gasteiger partial charge is 0.0690 e. The van der Waals surface area contributed by atoms with Gasteiger partial charge >= 0.3 is 0 Å². The molecule has 1 saturated carbocycles. The summed E-state index contributed by atoms with van der Waals surface area (Å²) in [7, 11) is 0. The third kappa shape index (κ3) is 1.97. The summed E-state index contributed by atoms with van der Waals surface area (Å²) in [6, 6.07) is 0.731. The van der Waals surface area contributed by atoms with Crippen molar-refractivity contribution >= 4 is 0 Å². The molecule has 3 aliphatic rings. The molecule has 0 aromatic carbocycles. The molecule has 0 amide bonds. The van der Waals surface area contributed by atoms with Crippen molar-refractivity contribution in [2.45, 2.75) is 71.1 Å². The molecule has 0 spiro atoms. The molecule has 0 bridgehead atoms. The van der Waals surface area contributed by atoms with E-state index in [4.69, 9.17) is 10.5 Å². The standard InChI is InChI=1S/C17H32N2O/c1-12(2)14-8-5-9-19(14)11-17(18)13-7-6-10-20-15(13)16(17,3)4/h12-15H,5-11,18H2,1-4H3. The molecule has 2 aliphatic heterocycles. The highest BCUT2D eigenvalue weighted by Gasteiger charge is 2.66. The Balaban J connectivity index is 1.75. The normalized spacial score (nSPS) is 44.4. The van der Waals surface area contributed by atoms with Gasteiger partial charge in [-0.15, -0.1) is 0 Å². The highest BCUT2D eigenvalue weighted by Crippen LogP contribution is 2.57. The van der Waals surface area contributed by atoms with Crippen LogP contribution in [0.3, 0.4) is 0 Å². The van der Waals surface area contributed by atoms with E-state index in [0.717, 1.165) is 25.1 Å². The molecular weight excluding hydrogens is 248 g/mol. The lowest BCUT2D eigenvalue weighted by atomic mass is 9.46. The Morgan fingerprint density at radius 2 is 2.00 bits per heavy atom. The van der Waals surface area contributed by atoms with E-state index < -0.39 is 0 Å². The molecule has 1 aliphatic carbocycles. The molecular formula is C17H32N2O. The predicted molar refractivity (Wildman–Crippen MR) is 82.6 cm³/mol. The van der Waals surface area contributed by atoms with Gasteiger partial charge in [-0.05, 0) is 38.1 Å². The van der Waals surface area contributed by atoms with Gasteiger partial charge in [0.1, 0.15) is 0 Å². The van der Waals surface area contributed by atoms with Crippen LogP contribution in [0.2, 0.25) is 0 Å². The molecule has 116 valence electrons. The first-order valence-electron chi connectivity index (χ1n) is 8.52. The van der Waals surface area contributed by atoms with Crippen LogP contribution in [0, 0.1) is 17.3 Å². The number of ether oxygens (including phenoxy) is 1. The molecule has 2 saturated heterocycles. The first-order chi connectivity index (χ1) is 9.38. The molecule has 3 heteroatoms. The van der Waals surface area contributed by atoms with E-state index in [1.165, 1.54) is 32.2 Å². The number of fused-ring (bicyclic) bond motifs is 1. The van der Waals surface area contributed by atoms with Gasteiger partial charge in [0.15, 0.2) is 0 Å². The second-order valence-corrected chi connectivity index (χ2v) is 8.23. The molecule has 0 aromatic heterocycles. The maximum atomic E-state index is 6.96. The van der Waals surface area contributed by atoms with Gasteiger partial charge in [-0.3, -0.25) is 4.90 Å². The molecule has 4 unspecified atom stereocenters. The average Bonchev–Trinajstić information content (AvgIpc) is 2.87. The quantitative estimate of drug-likeness (QED) is 0.864. The SMILES string of the molecule is CC(C)C1CCCN1CC1(N)C2CCCOC2C1(C)C. The van der Waals surface area contributed by atoms with Crippen LogP contribution in [-0.4, -0.2) is 42.3 Å². The van der Waals surface area contributed by atoms with Crippen LogP contribution in [0.4, 0.5) is 0 Å². The Bertz CT molecular complexity index is 368. The Morgan fingerprint density at radius 1 is 1.25 bits per heavy atom. The van der Waals surface area contributed by atoms with Crippen molar-refractivity contribution in [2.24, 2.45) is 23.0 Å². The summed E-state index contributed by atoms with van der Waals surface area (Å²) in [5.41, 5.74) is 7.01. The lowest BCUT2D eigenvalue weighted by Gasteiger charge is -2.67. The minimum atomic E-state index is -0.0600. The zero-order valence-electron chi connectivity index (χ0n) is 13.7. The Labute approximate surface area is 124 Å². The van der Waals surface area contributed by atoms with Crippen molar-refractivity contribution in [1.82, 2.24) is 4.90 Å². The second kappa shape index (κ2) is 4.96. The minimum absolute atomic E-state index is 0.0600. The molecule has 3 fully saturated rings. The lowest BCUT2D eigenvalue weighted by molar-refractivity contribution is -0.232.